The number of hydrogen-bond acceptors (Lipinski definition) is 3. The molecular formula is C22H36BO3. The van der Waals surface area contributed by atoms with Crippen LogP contribution in [0.15, 0.2) is 24.3 Å². The van der Waals surface area contributed by atoms with E-state index in [4.69, 9.17) is 9.39 Å². The van der Waals surface area contributed by atoms with Gasteiger partial charge in [0.25, 0.3) is 0 Å². The Morgan fingerprint density at radius 3 is 2.12 bits per heavy atom. The molecule has 2 rings (SSSR count). The smallest absolute Gasteiger partial charge is 0.331 e. The van der Waals surface area contributed by atoms with Crippen molar-refractivity contribution in [3.05, 3.63) is 24.3 Å². The Kier molecular flexibility index (Phi) is 6.51. The molecule has 0 unspecified atom stereocenters. The van der Waals surface area contributed by atoms with Gasteiger partial charge in [-0.25, -0.2) is 0 Å². The summed E-state index contributed by atoms with van der Waals surface area (Å²) in [7, 11) is 1.71. The first-order valence-corrected chi connectivity index (χ1v) is 9.88. The highest BCUT2D eigenvalue weighted by molar-refractivity contribution is 6.47. The van der Waals surface area contributed by atoms with E-state index in [1.807, 2.05) is 38.1 Å². The van der Waals surface area contributed by atoms with Crippen molar-refractivity contribution in [3.63, 3.8) is 0 Å². The van der Waals surface area contributed by atoms with Gasteiger partial charge >= 0.3 is 7.48 Å². The summed E-state index contributed by atoms with van der Waals surface area (Å²) >= 11 is 0. The maximum atomic E-state index is 10.2. The van der Waals surface area contributed by atoms with E-state index in [-0.39, 0.29) is 0 Å². The molecule has 145 valence electrons. The maximum absolute atomic E-state index is 10.2. The molecule has 0 heterocycles. The van der Waals surface area contributed by atoms with Crippen LogP contribution in [0.2, 0.25) is 0 Å². The second kappa shape index (κ2) is 7.94. The first kappa shape index (κ1) is 21.3. The lowest BCUT2D eigenvalue weighted by atomic mass is 9.72. The zero-order valence-corrected chi connectivity index (χ0v) is 17.6. The Labute approximate surface area is 160 Å². The van der Waals surface area contributed by atoms with Crippen LogP contribution in [-0.4, -0.2) is 29.9 Å². The molecule has 1 aromatic carbocycles. The lowest BCUT2D eigenvalue weighted by Gasteiger charge is -2.37. The van der Waals surface area contributed by atoms with Crippen molar-refractivity contribution in [2.75, 3.05) is 0 Å². The van der Waals surface area contributed by atoms with E-state index in [0.29, 0.717) is 11.5 Å². The van der Waals surface area contributed by atoms with Crippen LogP contribution in [0.1, 0.15) is 74.1 Å². The number of rotatable bonds is 6. The molecule has 4 heteroatoms. The Balaban J connectivity index is 1.90. The van der Waals surface area contributed by atoms with Gasteiger partial charge in [-0.05, 0) is 82.3 Å². The van der Waals surface area contributed by atoms with Crippen LogP contribution in [0, 0.1) is 11.3 Å². The number of hydrogen-bond donors (Lipinski definition) is 1. The van der Waals surface area contributed by atoms with E-state index in [2.05, 4.69) is 20.8 Å². The highest BCUT2D eigenvalue weighted by atomic mass is 16.5. The largest absolute Gasteiger partial charge is 0.490 e. The highest BCUT2D eigenvalue weighted by Gasteiger charge is 2.35. The summed E-state index contributed by atoms with van der Waals surface area (Å²) in [6.07, 6.45) is 5.03. The lowest BCUT2D eigenvalue weighted by Crippen LogP contribution is -2.49. The molecule has 1 aliphatic carbocycles. The van der Waals surface area contributed by atoms with Crippen molar-refractivity contribution >= 4 is 12.9 Å². The van der Waals surface area contributed by atoms with E-state index in [9.17, 15) is 5.11 Å². The van der Waals surface area contributed by atoms with Crippen LogP contribution >= 0.6 is 0 Å². The lowest BCUT2D eigenvalue weighted by molar-refractivity contribution is -0.0893. The SMILES string of the molecule is CC(C)(C)C1CCC(Oc2cccc([B]OC(C)(C)C(C)(C)O)c2)CC1. The number of aliphatic hydroxyl groups is 1. The van der Waals surface area contributed by atoms with Crippen molar-refractivity contribution in [2.45, 2.75) is 91.5 Å². The third-order valence-electron chi connectivity index (χ3n) is 6.02. The zero-order chi connectivity index (χ0) is 19.6. The van der Waals surface area contributed by atoms with Crippen LogP contribution in [0.25, 0.3) is 0 Å². The van der Waals surface area contributed by atoms with E-state index in [1.54, 1.807) is 21.3 Å². The average molecular weight is 359 g/mol. The summed E-state index contributed by atoms with van der Waals surface area (Å²) in [5.41, 5.74) is -0.258. The third kappa shape index (κ3) is 5.75. The summed E-state index contributed by atoms with van der Waals surface area (Å²) in [5, 5.41) is 10.2. The van der Waals surface area contributed by atoms with E-state index in [1.165, 1.54) is 12.8 Å². The van der Waals surface area contributed by atoms with Crippen LogP contribution in [0.4, 0.5) is 0 Å². The number of ether oxygens (including phenoxy) is 1. The Bertz CT molecular complexity index is 576. The molecule has 0 atom stereocenters. The van der Waals surface area contributed by atoms with Crippen LogP contribution in [0.3, 0.4) is 0 Å². The van der Waals surface area contributed by atoms with Gasteiger partial charge in [-0.3, -0.25) is 0 Å². The molecule has 1 aliphatic rings. The molecule has 0 saturated heterocycles. The molecular weight excluding hydrogens is 323 g/mol. The molecule has 1 N–H and O–H groups in total. The van der Waals surface area contributed by atoms with E-state index in [0.717, 1.165) is 30.0 Å². The molecule has 1 fully saturated rings. The van der Waals surface area contributed by atoms with Crippen molar-refractivity contribution in [1.82, 2.24) is 0 Å². The van der Waals surface area contributed by atoms with Crippen molar-refractivity contribution in [2.24, 2.45) is 11.3 Å². The third-order valence-corrected chi connectivity index (χ3v) is 6.02. The summed E-state index contributed by atoms with van der Waals surface area (Å²) in [4.78, 5) is 0. The van der Waals surface area contributed by atoms with Crippen LogP contribution < -0.4 is 10.2 Å². The molecule has 0 bridgehead atoms. The van der Waals surface area contributed by atoms with Gasteiger partial charge in [0.1, 0.15) is 5.75 Å². The predicted octanol–water partition coefficient (Wildman–Crippen LogP) is 4.48. The first-order chi connectivity index (χ1) is 11.9. The fraction of sp³-hybridized carbons (Fsp3) is 0.727. The minimum atomic E-state index is -0.927. The standard InChI is InChI=1S/C22H36BO3/c1-20(2,3)16-11-13-18(14-12-16)25-19-10-8-9-17(15-19)23-26-22(6,7)21(4,5)24/h8-10,15-16,18,24H,11-14H2,1-7H3. The molecule has 0 aromatic heterocycles. The zero-order valence-electron chi connectivity index (χ0n) is 17.6. The summed E-state index contributed by atoms with van der Waals surface area (Å²) in [5.74, 6) is 1.68. The minimum Gasteiger partial charge on any atom is -0.490 e. The molecule has 0 spiro atoms. The normalized spacial score (nSPS) is 22.2. The Hall–Kier alpha value is -0.995. The summed E-state index contributed by atoms with van der Waals surface area (Å²) in [6, 6.07) is 8.00. The van der Waals surface area contributed by atoms with Gasteiger partial charge in [-0.15, -0.1) is 0 Å². The number of benzene rings is 1. The van der Waals surface area contributed by atoms with Gasteiger partial charge in [0.2, 0.25) is 0 Å². The molecule has 26 heavy (non-hydrogen) atoms. The second-order valence-corrected chi connectivity index (χ2v) is 9.84. The monoisotopic (exact) mass is 359 g/mol. The maximum Gasteiger partial charge on any atom is 0.331 e. The molecule has 1 saturated carbocycles. The molecule has 1 aromatic rings. The quantitative estimate of drug-likeness (QED) is 0.761. The van der Waals surface area contributed by atoms with Gasteiger partial charge in [0, 0.05) is 0 Å². The van der Waals surface area contributed by atoms with Gasteiger partial charge < -0.3 is 14.5 Å². The van der Waals surface area contributed by atoms with Gasteiger partial charge in [0.05, 0.1) is 17.3 Å². The van der Waals surface area contributed by atoms with Gasteiger partial charge in [-0.2, -0.15) is 0 Å². The molecule has 3 nitrogen and oxygen atoms in total. The van der Waals surface area contributed by atoms with Crippen LogP contribution in [-0.2, 0) is 4.65 Å². The second-order valence-electron chi connectivity index (χ2n) is 9.84. The summed E-state index contributed by atoms with van der Waals surface area (Å²) in [6.45, 7) is 14.3. The molecule has 0 aliphatic heterocycles. The van der Waals surface area contributed by atoms with Gasteiger partial charge in [-0.1, -0.05) is 32.9 Å². The molecule has 1 radical (unpaired) electrons. The molecule has 0 amide bonds. The average Bonchev–Trinajstić information content (AvgIpc) is 2.52. The predicted molar refractivity (Wildman–Crippen MR) is 109 cm³/mol. The fourth-order valence-electron chi connectivity index (χ4n) is 3.26. The Morgan fingerprint density at radius 1 is 0.962 bits per heavy atom. The van der Waals surface area contributed by atoms with E-state index >= 15 is 0 Å². The first-order valence-electron chi connectivity index (χ1n) is 9.88. The summed E-state index contributed by atoms with van der Waals surface area (Å²) < 4.78 is 12.1. The van der Waals surface area contributed by atoms with Gasteiger partial charge in [0.15, 0.2) is 0 Å². The van der Waals surface area contributed by atoms with Crippen molar-refractivity contribution in [3.8, 4) is 5.75 Å². The van der Waals surface area contributed by atoms with E-state index < -0.39 is 11.2 Å². The van der Waals surface area contributed by atoms with Crippen LogP contribution in [0.5, 0.6) is 5.75 Å². The topological polar surface area (TPSA) is 38.7 Å². The minimum absolute atomic E-state index is 0.303. The fourth-order valence-corrected chi connectivity index (χ4v) is 3.26. The highest BCUT2D eigenvalue weighted by Crippen LogP contribution is 2.38. The van der Waals surface area contributed by atoms with Crippen molar-refractivity contribution in [1.29, 1.82) is 0 Å². The Morgan fingerprint density at radius 2 is 1.58 bits per heavy atom. The van der Waals surface area contributed by atoms with Crippen molar-refractivity contribution < 1.29 is 14.5 Å².